The molecule has 2 rings (SSSR count). The zero-order valence-corrected chi connectivity index (χ0v) is 11.5. The minimum absolute atomic E-state index is 0. The highest BCUT2D eigenvalue weighted by molar-refractivity contribution is 7.10. The second kappa shape index (κ2) is 6.96. The number of likely N-dealkylation sites (N-methyl/N-ethyl adjacent to an activating group) is 1. The standard InChI is InChI=1S/C11H17N3OS.ClH/c1-13-4-6-14(7-5-13)12-11(15)9-10-3-2-8-16-10;/h2-3,8H,4-7,9H2,1H3,(H,12,15);1H. The molecule has 1 saturated heterocycles. The maximum atomic E-state index is 11.7. The molecule has 2 heterocycles. The number of piperazine rings is 1. The molecule has 0 aromatic carbocycles. The van der Waals surface area contributed by atoms with E-state index >= 15 is 0 Å². The molecule has 1 aliphatic rings. The predicted molar refractivity (Wildman–Crippen MR) is 64.4 cm³/mol. The van der Waals surface area contributed by atoms with Crippen molar-refractivity contribution in [2.24, 2.45) is 0 Å². The van der Waals surface area contributed by atoms with Crippen molar-refractivity contribution in [3.63, 3.8) is 0 Å². The van der Waals surface area contributed by atoms with Crippen molar-refractivity contribution in [3.05, 3.63) is 22.4 Å². The Labute approximate surface area is 112 Å². The van der Waals surface area contributed by atoms with Crippen LogP contribution in [0, 0.1) is 0 Å². The Kier molecular flexibility index (Phi) is 5.91. The summed E-state index contributed by atoms with van der Waals surface area (Å²) in [5.41, 5.74) is 3.04. The first-order valence-electron chi connectivity index (χ1n) is 5.59. The molecule has 4 nitrogen and oxygen atoms in total. The lowest BCUT2D eigenvalue weighted by Gasteiger charge is -2.28. The maximum Gasteiger partial charge on any atom is 0.270 e. The van der Waals surface area contributed by atoms with Crippen molar-refractivity contribution in [1.82, 2.24) is 10.3 Å². The normalized spacial score (nSPS) is 17.5. The van der Waals surface area contributed by atoms with Gasteiger partial charge in [-0.05, 0) is 18.5 Å². The molecule has 0 bridgehead atoms. The maximum absolute atomic E-state index is 11.7. The van der Waals surface area contributed by atoms with Crippen molar-refractivity contribution >= 4 is 17.2 Å². The number of hydrogen-bond acceptors (Lipinski definition) is 3. The Morgan fingerprint density at radius 3 is 2.82 bits per heavy atom. The van der Waals surface area contributed by atoms with Gasteiger partial charge in [-0.15, -0.1) is 11.3 Å². The Morgan fingerprint density at radius 2 is 2.24 bits per heavy atom. The fourth-order valence-electron chi connectivity index (χ4n) is 1.83. The Morgan fingerprint density at radius 1 is 1.53 bits per heavy atom. The highest BCUT2D eigenvalue weighted by Crippen LogP contribution is 2.08. The van der Waals surface area contributed by atoms with Crippen molar-refractivity contribution in [3.8, 4) is 0 Å². The van der Waals surface area contributed by atoms with Gasteiger partial charge in [-0.25, -0.2) is 10.4 Å². The number of quaternary nitrogens is 1. The van der Waals surface area contributed by atoms with Gasteiger partial charge in [0, 0.05) is 18.0 Å². The van der Waals surface area contributed by atoms with E-state index < -0.39 is 0 Å². The third kappa shape index (κ3) is 4.63. The van der Waals surface area contributed by atoms with Crippen molar-refractivity contribution in [2.45, 2.75) is 6.42 Å². The van der Waals surface area contributed by atoms with Gasteiger partial charge in [0.2, 0.25) is 0 Å². The van der Waals surface area contributed by atoms with E-state index in [1.165, 1.54) is 5.01 Å². The number of amides is 1. The average Bonchev–Trinajstić information content (AvgIpc) is 2.74. The van der Waals surface area contributed by atoms with E-state index in [0.29, 0.717) is 6.42 Å². The van der Waals surface area contributed by atoms with Crippen LogP contribution in [-0.2, 0) is 11.2 Å². The van der Waals surface area contributed by atoms with Crippen LogP contribution < -0.4 is 22.8 Å². The summed E-state index contributed by atoms with van der Waals surface area (Å²) in [5.74, 6) is 0.127. The third-order valence-electron chi connectivity index (χ3n) is 2.82. The van der Waals surface area contributed by atoms with Gasteiger partial charge in [-0.1, -0.05) is 6.07 Å². The van der Waals surface area contributed by atoms with Gasteiger partial charge in [-0.2, -0.15) is 0 Å². The molecule has 1 aromatic rings. The Hall–Kier alpha value is -0.620. The van der Waals surface area contributed by atoms with E-state index in [9.17, 15) is 4.79 Å². The van der Waals surface area contributed by atoms with E-state index in [-0.39, 0.29) is 18.3 Å². The van der Waals surface area contributed by atoms with Crippen LogP contribution in [0.1, 0.15) is 4.88 Å². The van der Waals surface area contributed by atoms with E-state index in [0.717, 1.165) is 31.1 Å². The quantitative estimate of drug-likeness (QED) is 0.593. The molecule has 2 N–H and O–H groups in total. The van der Waals surface area contributed by atoms with Crippen molar-refractivity contribution < 1.29 is 22.2 Å². The third-order valence-corrected chi connectivity index (χ3v) is 3.70. The monoisotopic (exact) mass is 275 g/mol. The Balaban J connectivity index is 0.00000144. The lowest BCUT2D eigenvalue weighted by atomic mass is 10.3. The number of halogens is 1. The molecule has 0 aliphatic carbocycles. The number of thiophene rings is 1. The number of rotatable bonds is 3. The van der Waals surface area contributed by atoms with Gasteiger partial charge in [0.15, 0.2) is 0 Å². The highest BCUT2D eigenvalue weighted by Gasteiger charge is 2.19. The first-order valence-corrected chi connectivity index (χ1v) is 6.47. The van der Waals surface area contributed by atoms with E-state index in [4.69, 9.17) is 0 Å². The van der Waals surface area contributed by atoms with E-state index in [1.807, 2.05) is 17.5 Å². The molecule has 0 saturated carbocycles. The number of carbonyl (C=O) groups is 1. The smallest absolute Gasteiger partial charge is 0.270 e. The topological polar surface area (TPSA) is 36.8 Å². The zero-order chi connectivity index (χ0) is 11.4. The van der Waals surface area contributed by atoms with Gasteiger partial charge in [0.1, 0.15) is 13.1 Å². The minimum Gasteiger partial charge on any atom is -1.00 e. The molecule has 0 radical (unpaired) electrons. The van der Waals surface area contributed by atoms with Crippen LogP contribution in [0.5, 0.6) is 0 Å². The van der Waals surface area contributed by atoms with Crippen LogP contribution in [0.4, 0.5) is 0 Å². The van der Waals surface area contributed by atoms with Gasteiger partial charge in [0.25, 0.3) is 5.91 Å². The molecule has 1 aliphatic heterocycles. The summed E-state index contributed by atoms with van der Waals surface area (Å²) in [4.78, 5) is 15.1. The molecule has 17 heavy (non-hydrogen) atoms. The number of carbonyl (C=O) groups excluding carboxylic acids is 1. The molecular formula is C11H18ClN3OS. The molecule has 1 aromatic heterocycles. The van der Waals surface area contributed by atoms with Gasteiger partial charge >= 0.3 is 0 Å². The fourth-order valence-corrected chi connectivity index (χ4v) is 2.53. The van der Waals surface area contributed by atoms with Crippen LogP contribution >= 0.6 is 11.3 Å². The van der Waals surface area contributed by atoms with Crippen molar-refractivity contribution in [2.75, 3.05) is 33.2 Å². The molecule has 0 spiro atoms. The van der Waals surface area contributed by atoms with E-state index in [2.05, 4.69) is 17.4 Å². The van der Waals surface area contributed by atoms with Crippen LogP contribution in [0.2, 0.25) is 0 Å². The molecule has 96 valence electrons. The lowest BCUT2D eigenvalue weighted by molar-refractivity contribution is -0.940. The molecule has 1 amide bonds. The minimum atomic E-state index is 0. The first kappa shape index (κ1) is 14.4. The van der Waals surface area contributed by atoms with Gasteiger partial charge in [-0.3, -0.25) is 9.69 Å². The zero-order valence-electron chi connectivity index (χ0n) is 9.91. The number of nitrogens with zero attached hydrogens (tertiary/aromatic N) is 1. The lowest BCUT2D eigenvalue weighted by Crippen LogP contribution is -3.21. The van der Waals surface area contributed by atoms with Crippen LogP contribution in [0.15, 0.2) is 17.5 Å². The van der Waals surface area contributed by atoms with Gasteiger partial charge < -0.3 is 12.4 Å². The van der Waals surface area contributed by atoms with Crippen molar-refractivity contribution in [1.29, 1.82) is 0 Å². The first-order chi connectivity index (χ1) is 7.74. The number of hydrogen-bond donors (Lipinski definition) is 2. The summed E-state index contributed by atoms with van der Waals surface area (Å²) >= 11 is 1.64. The molecule has 6 heteroatoms. The van der Waals surface area contributed by atoms with Crippen LogP contribution in [-0.4, -0.2) is 44.0 Å². The van der Waals surface area contributed by atoms with E-state index in [1.54, 1.807) is 11.3 Å². The SMILES string of the molecule is CN1CC[NH+](NC(=O)Cc2cccs2)CC1.[Cl-]. The van der Waals surface area contributed by atoms with Crippen LogP contribution in [0.25, 0.3) is 0 Å². The molecular weight excluding hydrogens is 258 g/mol. The Bertz CT molecular complexity index is 336. The second-order valence-corrected chi connectivity index (χ2v) is 5.24. The summed E-state index contributed by atoms with van der Waals surface area (Å²) in [6, 6.07) is 3.99. The summed E-state index contributed by atoms with van der Waals surface area (Å²) < 4.78 is 0. The van der Waals surface area contributed by atoms with Crippen LogP contribution in [0.3, 0.4) is 0 Å². The average molecular weight is 276 g/mol. The highest BCUT2D eigenvalue weighted by atomic mass is 35.5. The van der Waals surface area contributed by atoms with Gasteiger partial charge in [0.05, 0.1) is 6.42 Å². The molecule has 0 atom stereocenters. The molecule has 1 fully saturated rings. The summed E-state index contributed by atoms with van der Waals surface area (Å²) in [6.45, 7) is 4.09. The fraction of sp³-hybridized carbons (Fsp3) is 0.545. The summed E-state index contributed by atoms with van der Waals surface area (Å²) in [6.07, 6.45) is 0.511. The summed E-state index contributed by atoms with van der Waals surface area (Å²) in [7, 11) is 2.12. The second-order valence-electron chi connectivity index (χ2n) is 4.21. The largest absolute Gasteiger partial charge is 1.00 e. The number of nitrogens with one attached hydrogen (secondary N) is 2. The summed E-state index contributed by atoms with van der Waals surface area (Å²) in [5, 5.41) is 3.20. The predicted octanol–water partition coefficient (Wildman–Crippen LogP) is -3.84. The molecule has 0 unspecified atom stereocenters.